The number of rotatable bonds is 4. The molecule has 3 heterocycles. The lowest BCUT2D eigenvalue weighted by atomic mass is 9.69. The second-order valence-corrected chi connectivity index (χ2v) is 8.90. The number of hydrogen-bond donors (Lipinski definition) is 0. The van der Waals surface area contributed by atoms with Crippen molar-refractivity contribution in [1.29, 1.82) is 10.5 Å². The van der Waals surface area contributed by atoms with Crippen LogP contribution in [0.25, 0.3) is 6.08 Å². The molecular weight excluding hydrogens is 418 g/mol. The van der Waals surface area contributed by atoms with Gasteiger partial charge in [-0.25, -0.2) is 0 Å². The number of carbonyl (C=O) groups excluding carboxylic acids is 1. The molecule has 0 aliphatic carbocycles. The topological polar surface area (TPSA) is 77.1 Å². The third-order valence-electron chi connectivity index (χ3n) is 6.44. The van der Waals surface area contributed by atoms with Crippen LogP contribution >= 0.6 is 11.3 Å². The molecule has 0 radical (unpaired) electrons. The van der Waals surface area contributed by atoms with E-state index in [1.165, 1.54) is 11.3 Å². The first-order valence-corrected chi connectivity index (χ1v) is 11.1. The summed E-state index contributed by atoms with van der Waals surface area (Å²) in [5.41, 5.74) is 0.962. The molecule has 3 atom stereocenters. The molecule has 2 aromatic carbocycles. The van der Waals surface area contributed by atoms with Crippen molar-refractivity contribution in [2.45, 2.75) is 18.0 Å². The second-order valence-electron chi connectivity index (χ2n) is 7.92. The predicted molar refractivity (Wildman–Crippen MR) is 122 cm³/mol. The Kier molecular flexibility index (Phi) is 4.81. The highest BCUT2D eigenvalue weighted by molar-refractivity contribution is 7.10. The molecule has 1 aromatic heterocycles. The first kappa shape index (κ1) is 20.1. The number of carbonyl (C=O) groups is 1. The minimum atomic E-state index is -1.42. The van der Waals surface area contributed by atoms with E-state index in [0.29, 0.717) is 11.3 Å². The molecule has 3 aromatic rings. The maximum Gasteiger partial charge on any atom is 0.185 e. The lowest BCUT2D eigenvalue weighted by Gasteiger charge is -2.34. The van der Waals surface area contributed by atoms with Crippen molar-refractivity contribution in [3.05, 3.63) is 93.8 Å². The van der Waals surface area contributed by atoms with Crippen LogP contribution in [0, 0.1) is 28.1 Å². The maximum absolute atomic E-state index is 13.9. The number of benzene rings is 2. The summed E-state index contributed by atoms with van der Waals surface area (Å²) in [5.74, 6) is -0.0452. The molecule has 0 saturated carbocycles. The lowest BCUT2D eigenvalue weighted by Crippen LogP contribution is -2.37. The SMILES string of the molecule is COc1ccc(C(=O)[C@@H]2[C@H](c3cccs3)C(C#N)(C#N)[C@@H]3c4ccccc4C=CN23)cc1. The van der Waals surface area contributed by atoms with Crippen molar-refractivity contribution in [2.75, 3.05) is 7.11 Å². The van der Waals surface area contributed by atoms with Crippen LogP contribution in [-0.4, -0.2) is 23.8 Å². The molecule has 0 bridgehead atoms. The van der Waals surface area contributed by atoms with Gasteiger partial charge in [-0.3, -0.25) is 4.79 Å². The summed E-state index contributed by atoms with van der Waals surface area (Å²) in [7, 11) is 1.58. The smallest absolute Gasteiger partial charge is 0.185 e. The number of ether oxygens (including phenoxy) is 1. The zero-order valence-corrected chi connectivity index (χ0v) is 18.1. The van der Waals surface area contributed by atoms with Gasteiger partial charge in [-0.15, -0.1) is 11.3 Å². The Balaban J connectivity index is 1.72. The molecular formula is C26H19N3O2S. The molecule has 2 aliphatic rings. The minimum Gasteiger partial charge on any atom is -0.497 e. The average Bonchev–Trinajstić information content (AvgIpc) is 3.48. The summed E-state index contributed by atoms with van der Waals surface area (Å²) in [4.78, 5) is 16.7. The van der Waals surface area contributed by atoms with E-state index in [4.69, 9.17) is 4.74 Å². The van der Waals surface area contributed by atoms with Crippen molar-refractivity contribution in [1.82, 2.24) is 4.90 Å². The fourth-order valence-corrected chi connectivity index (χ4v) is 5.93. The van der Waals surface area contributed by atoms with E-state index < -0.39 is 23.4 Å². The third-order valence-corrected chi connectivity index (χ3v) is 7.39. The summed E-state index contributed by atoms with van der Waals surface area (Å²) < 4.78 is 5.23. The maximum atomic E-state index is 13.9. The van der Waals surface area contributed by atoms with E-state index in [1.807, 2.05) is 59.0 Å². The lowest BCUT2D eigenvalue weighted by molar-refractivity contribution is 0.0875. The Morgan fingerprint density at radius 3 is 2.47 bits per heavy atom. The van der Waals surface area contributed by atoms with Gasteiger partial charge in [-0.2, -0.15) is 10.5 Å². The number of Topliss-reactive ketones (excluding diaryl/α,β-unsaturated/α-hetero) is 1. The summed E-state index contributed by atoms with van der Waals surface area (Å²) in [5, 5.41) is 22.8. The van der Waals surface area contributed by atoms with Crippen molar-refractivity contribution < 1.29 is 9.53 Å². The average molecular weight is 438 g/mol. The molecule has 1 fully saturated rings. The molecule has 0 amide bonds. The minimum absolute atomic E-state index is 0.118. The molecule has 6 heteroatoms. The van der Waals surface area contributed by atoms with Crippen molar-refractivity contribution in [2.24, 2.45) is 5.41 Å². The second kappa shape index (κ2) is 7.67. The molecule has 32 heavy (non-hydrogen) atoms. The van der Waals surface area contributed by atoms with E-state index in [9.17, 15) is 15.3 Å². The fourth-order valence-electron chi connectivity index (χ4n) is 5.00. The summed E-state index contributed by atoms with van der Waals surface area (Å²) in [6, 6.07) is 22.1. The van der Waals surface area contributed by atoms with Gasteiger partial charge in [-0.1, -0.05) is 30.3 Å². The quantitative estimate of drug-likeness (QED) is 0.527. The van der Waals surface area contributed by atoms with Crippen LogP contribution in [0.5, 0.6) is 5.75 Å². The number of methoxy groups -OCH3 is 1. The molecule has 2 aliphatic heterocycles. The number of thiophene rings is 1. The van der Waals surface area contributed by atoms with E-state index in [2.05, 4.69) is 12.1 Å². The number of hydrogen-bond acceptors (Lipinski definition) is 6. The molecule has 5 nitrogen and oxygen atoms in total. The van der Waals surface area contributed by atoms with E-state index >= 15 is 0 Å². The zero-order valence-electron chi connectivity index (χ0n) is 17.3. The largest absolute Gasteiger partial charge is 0.497 e. The number of ketones is 1. The highest BCUT2D eigenvalue weighted by atomic mass is 32.1. The number of nitrogens with zero attached hydrogens (tertiary/aromatic N) is 3. The van der Waals surface area contributed by atoms with E-state index in [1.54, 1.807) is 31.4 Å². The van der Waals surface area contributed by atoms with Crippen LogP contribution in [0.15, 0.2) is 72.2 Å². The molecule has 5 rings (SSSR count). The Morgan fingerprint density at radius 1 is 1.06 bits per heavy atom. The van der Waals surface area contributed by atoms with Crippen molar-refractivity contribution in [3.8, 4) is 17.9 Å². The fraction of sp³-hybridized carbons (Fsp3) is 0.192. The standard InChI is InChI=1S/C26H19N3O2S/c1-31-19-10-8-18(9-11-19)24(30)23-22(21-7-4-14-32-21)26(15-27,16-28)25-20-6-3-2-5-17(20)12-13-29(23)25/h2-14,22-23,25H,1H3/t22-,23-,25-/m0/s1. The van der Waals surface area contributed by atoms with Crippen LogP contribution in [0.1, 0.15) is 38.3 Å². The van der Waals surface area contributed by atoms with Gasteiger partial charge in [0, 0.05) is 16.6 Å². The molecule has 156 valence electrons. The Morgan fingerprint density at radius 2 is 1.81 bits per heavy atom. The van der Waals surface area contributed by atoms with Gasteiger partial charge in [0.2, 0.25) is 0 Å². The monoisotopic (exact) mass is 437 g/mol. The molecule has 1 saturated heterocycles. The zero-order chi connectivity index (χ0) is 22.3. The summed E-state index contributed by atoms with van der Waals surface area (Å²) in [6.45, 7) is 0. The van der Waals surface area contributed by atoms with Crippen LogP contribution in [0.2, 0.25) is 0 Å². The first-order chi connectivity index (χ1) is 15.6. The highest BCUT2D eigenvalue weighted by Gasteiger charge is 2.64. The Bertz CT molecular complexity index is 1270. The predicted octanol–water partition coefficient (Wildman–Crippen LogP) is 5.17. The van der Waals surface area contributed by atoms with E-state index in [0.717, 1.165) is 16.0 Å². The molecule has 0 N–H and O–H groups in total. The van der Waals surface area contributed by atoms with Crippen LogP contribution in [-0.2, 0) is 0 Å². The van der Waals surface area contributed by atoms with Gasteiger partial charge >= 0.3 is 0 Å². The van der Waals surface area contributed by atoms with Gasteiger partial charge < -0.3 is 9.64 Å². The third kappa shape index (κ3) is 2.77. The van der Waals surface area contributed by atoms with Crippen LogP contribution in [0.3, 0.4) is 0 Å². The Labute approximate surface area is 190 Å². The Hall–Kier alpha value is -3.87. The molecule has 0 unspecified atom stereocenters. The summed E-state index contributed by atoms with van der Waals surface area (Å²) in [6.07, 6.45) is 3.83. The number of fused-ring (bicyclic) bond motifs is 3. The van der Waals surface area contributed by atoms with Gasteiger partial charge in [-0.05, 0) is 52.9 Å². The summed E-state index contributed by atoms with van der Waals surface area (Å²) >= 11 is 1.48. The van der Waals surface area contributed by atoms with Gasteiger partial charge in [0.1, 0.15) is 11.8 Å². The van der Waals surface area contributed by atoms with Gasteiger partial charge in [0.25, 0.3) is 0 Å². The number of nitriles is 2. The normalized spacial score (nSPS) is 22.3. The van der Waals surface area contributed by atoms with Crippen molar-refractivity contribution >= 4 is 23.2 Å². The van der Waals surface area contributed by atoms with Crippen LogP contribution in [0.4, 0.5) is 0 Å². The first-order valence-electron chi connectivity index (χ1n) is 10.2. The highest BCUT2D eigenvalue weighted by Crippen LogP contribution is 2.60. The van der Waals surface area contributed by atoms with Gasteiger partial charge in [0.05, 0.1) is 31.2 Å². The van der Waals surface area contributed by atoms with E-state index in [-0.39, 0.29) is 5.78 Å². The van der Waals surface area contributed by atoms with Crippen LogP contribution < -0.4 is 4.74 Å². The van der Waals surface area contributed by atoms with Crippen molar-refractivity contribution in [3.63, 3.8) is 0 Å². The van der Waals surface area contributed by atoms with Gasteiger partial charge in [0.15, 0.2) is 11.2 Å². The molecule has 0 spiro atoms.